The molecular weight excluding hydrogens is 176 g/mol. The third kappa shape index (κ3) is 1.68. The van der Waals surface area contributed by atoms with E-state index in [9.17, 15) is 0 Å². The van der Waals surface area contributed by atoms with Crippen molar-refractivity contribution >= 4 is 11.6 Å². The van der Waals surface area contributed by atoms with Gasteiger partial charge in [-0.1, -0.05) is 11.6 Å². The molecule has 0 aromatic carbocycles. The molecule has 0 aliphatic rings. The lowest BCUT2D eigenvalue weighted by atomic mass is 10.1. The van der Waals surface area contributed by atoms with Gasteiger partial charge in [0.1, 0.15) is 10.9 Å². The first-order valence-electron chi connectivity index (χ1n) is 3.60. The van der Waals surface area contributed by atoms with Gasteiger partial charge in [-0.15, -0.1) is 0 Å². The third-order valence-corrected chi connectivity index (χ3v) is 1.88. The van der Waals surface area contributed by atoms with Gasteiger partial charge in [0, 0.05) is 17.8 Å². The normalized spacial score (nSPS) is 12.7. The van der Waals surface area contributed by atoms with Crippen molar-refractivity contribution in [1.29, 1.82) is 0 Å². The molecule has 1 aromatic heterocycles. The fraction of sp³-hybridized carbons (Fsp3) is 0.375. The number of rotatable bonds is 2. The number of nitrogens with two attached hydrogens (primary N) is 1. The average Bonchev–Trinajstić information content (AvgIpc) is 2.03. The summed E-state index contributed by atoms with van der Waals surface area (Å²) in [6.07, 6.45) is 1.59. The minimum atomic E-state index is -0.166. The van der Waals surface area contributed by atoms with Crippen LogP contribution in [0.4, 0.5) is 0 Å². The van der Waals surface area contributed by atoms with Crippen molar-refractivity contribution in [2.45, 2.75) is 13.0 Å². The lowest BCUT2D eigenvalue weighted by Crippen LogP contribution is -2.08. The molecule has 0 radical (unpaired) electrons. The van der Waals surface area contributed by atoms with Gasteiger partial charge in [-0.2, -0.15) is 0 Å². The van der Waals surface area contributed by atoms with Gasteiger partial charge in [0.2, 0.25) is 0 Å². The Morgan fingerprint density at radius 1 is 1.67 bits per heavy atom. The van der Waals surface area contributed by atoms with Crippen molar-refractivity contribution in [2.75, 3.05) is 7.11 Å². The van der Waals surface area contributed by atoms with Crippen LogP contribution in [-0.2, 0) is 0 Å². The van der Waals surface area contributed by atoms with E-state index in [0.717, 1.165) is 5.56 Å². The van der Waals surface area contributed by atoms with Crippen molar-refractivity contribution in [1.82, 2.24) is 4.98 Å². The zero-order valence-electron chi connectivity index (χ0n) is 7.04. The zero-order chi connectivity index (χ0) is 9.14. The molecule has 0 bridgehead atoms. The quantitative estimate of drug-likeness (QED) is 0.717. The topological polar surface area (TPSA) is 48.1 Å². The van der Waals surface area contributed by atoms with Gasteiger partial charge in [-0.3, -0.25) is 0 Å². The van der Waals surface area contributed by atoms with Crippen LogP contribution in [0, 0.1) is 0 Å². The molecule has 0 aliphatic carbocycles. The molecular formula is C8H11ClN2O. The maximum absolute atomic E-state index is 5.83. The smallest absolute Gasteiger partial charge is 0.137 e. The van der Waals surface area contributed by atoms with Crippen LogP contribution in [-0.4, -0.2) is 12.1 Å². The summed E-state index contributed by atoms with van der Waals surface area (Å²) >= 11 is 5.83. The largest absolute Gasteiger partial charge is 0.496 e. The minimum absolute atomic E-state index is 0.166. The van der Waals surface area contributed by atoms with E-state index in [1.54, 1.807) is 19.4 Å². The van der Waals surface area contributed by atoms with Crippen LogP contribution in [0.5, 0.6) is 5.75 Å². The van der Waals surface area contributed by atoms with E-state index in [1.165, 1.54) is 0 Å². The Morgan fingerprint density at radius 2 is 2.33 bits per heavy atom. The van der Waals surface area contributed by atoms with Gasteiger partial charge in [0.25, 0.3) is 0 Å². The van der Waals surface area contributed by atoms with E-state index < -0.39 is 0 Å². The Labute approximate surface area is 76.5 Å². The molecule has 66 valence electrons. The van der Waals surface area contributed by atoms with E-state index in [2.05, 4.69) is 4.98 Å². The molecule has 1 atom stereocenters. The van der Waals surface area contributed by atoms with Crippen LogP contribution in [0.1, 0.15) is 18.5 Å². The zero-order valence-corrected chi connectivity index (χ0v) is 7.80. The van der Waals surface area contributed by atoms with Crippen molar-refractivity contribution < 1.29 is 4.74 Å². The summed E-state index contributed by atoms with van der Waals surface area (Å²) < 4.78 is 5.08. The van der Waals surface area contributed by atoms with Gasteiger partial charge in [-0.25, -0.2) is 4.98 Å². The summed E-state index contributed by atoms with van der Waals surface area (Å²) in [7, 11) is 1.58. The Hall–Kier alpha value is -0.800. The highest BCUT2D eigenvalue weighted by Gasteiger charge is 2.11. The Bertz CT molecular complexity index is 276. The summed E-state index contributed by atoms with van der Waals surface area (Å²) in [5.74, 6) is 0.685. The van der Waals surface area contributed by atoms with E-state index in [-0.39, 0.29) is 6.04 Å². The molecule has 4 heteroatoms. The van der Waals surface area contributed by atoms with Crippen molar-refractivity contribution in [3.63, 3.8) is 0 Å². The SMILES string of the molecule is COc1ccnc(Cl)c1C(C)N. The molecule has 3 nitrogen and oxygen atoms in total. The highest BCUT2D eigenvalue weighted by atomic mass is 35.5. The number of nitrogens with zero attached hydrogens (tertiary/aromatic N) is 1. The molecule has 1 aromatic rings. The number of pyridine rings is 1. The standard InChI is InChI=1S/C8H11ClN2O/c1-5(10)7-6(12-2)3-4-11-8(7)9/h3-5H,10H2,1-2H3. The van der Waals surface area contributed by atoms with Gasteiger partial charge in [-0.05, 0) is 13.0 Å². The number of halogens is 1. The molecule has 0 amide bonds. The Balaban J connectivity index is 3.20. The van der Waals surface area contributed by atoms with Crippen LogP contribution in [0.15, 0.2) is 12.3 Å². The molecule has 1 rings (SSSR count). The Morgan fingerprint density at radius 3 is 2.75 bits per heavy atom. The number of methoxy groups -OCH3 is 1. The molecule has 0 fully saturated rings. The number of aromatic nitrogens is 1. The molecule has 12 heavy (non-hydrogen) atoms. The van der Waals surface area contributed by atoms with Crippen LogP contribution < -0.4 is 10.5 Å². The second-order valence-electron chi connectivity index (χ2n) is 2.51. The van der Waals surface area contributed by atoms with Crippen LogP contribution in [0.25, 0.3) is 0 Å². The maximum atomic E-state index is 5.83. The van der Waals surface area contributed by atoms with Gasteiger partial charge >= 0.3 is 0 Å². The highest BCUT2D eigenvalue weighted by Crippen LogP contribution is 2.28. The summed E-state index contributed by atoms with van der Waals surface area (Å²) in [5, 5.41) is 0.407. The van der Waals surface area contributed by atoms with Crippen LogP contribution in [0.3, 0.4) is 0 Å². The predicted molar refractivity (Wildman–Crippen MR) is 48.4 cm³/mol. The first-order valence-corrected chi connectivity index (χ1v) is 3.98. The molecule has 0 saturated heterocycles. The number of ether oxygens (including phenoxy) is 1. The molecule has 1 heterocycles. The molecule has 0 aliphatic heterocycles. The molecule has 0 spiro atoms. The lowest BCUT2D eigenvalue weighted by molar-refractivity contribution is 0.406. The summed E-state index contributed by atoms with van der Waals surface area (Å²) in [5.41, 5.74) is 6.44. The van der Waals surface area contributed by atoms with E-state index in [0.29, 0.717) is 10.9 Å². The first kappa shape index (κ1) is 9.29. The second kappa shape index (κ2) is 3.74. The van der Waals surface area contributed by atoms with Crippen molar-refractivity contribution in [3.8, 4) is 5.75 Å². The Kier molecular flexibility index (Phi) is 2.89. The third-order valence-electron chi connectivity index (χ3n) is 1.58. The minimum Gasteiger partial charge on any atom is -0.496 e. The maximum Gasteiger partial charge on any atom is 0.137 e. The first-order chi connectivity index (χ1) is 5.66. The predicted octanol–water partition coefficient (Wildman–Crippen LogP) is 1.76. The van der Waals surface area contributed by atoms with Crippen LogP contribution in [0.2, 0.25) is 5.15 Å². The molecule has 2 N–H and O–H groups in total. The van der Waals surface area contributed by atoms with Gasteiger partial charge < -0.3 is 10.5 Å². The lowest BCUT2D eigenvalue weighted by Gasteiger charge is -2.11. The molecule has 1 unspecified atom stereocenters. The van der Waals surface area contributed by atoms with E-state index in [4.69, 9.17) is 22.1 Å². The second-order valence-corrected chi connectivity index (χ2v) is 2.86. The summed E-state index contributed by atoms with van der Waals surface area (Å²) in [4.78, 5) is 3.91. The van der Waals surface area contributed by atoms with Crippen LogP contribution >= 0.6 is 11.6 Å². The number of hydrogen-bond donors (Lipinski definition) is 1. The van der Waals surface area contributed by atoms with Crippen molar-refractivity contribution in [3.05, 3.63) is 23.0 Å². The average molecular weight is 187 g/mol. The monoisotopic (exact) mass is 186 g/mol. The summed E-state index contributed by atoms with van der Waals surface area (Å²) in [6.45, 7) is 1.84. The van der Waals surface area contributed by atoms with Gasteiger partial charge in [0.15, 0.2) is 0 Å². The molecule has 0 saturated carbocycles. The summed E-state index contributed by atoms with van der Waals surface area (Å²) in [6, 6.07) is 1.58. The number of hydrogen-bond acceptors (Lipinski definition) is 3. The van der Waals surface area contributed by atoms with Gasteiger partial charge in [0.05, 0.1) is 7.11 Å². The van der Waals surface area contributed by atoms with E-state index >= 15 is 0 Å². The van der Waals surface area contributed by atoms with Crippen molar-refractivity contribution in [2.24, 2.45) is 5.73 Å². The van der Waals surface area contributed by atoms with E-state index in [1.807, 2.05) is 6.92 Å². The fourth-order valence-electron chi connectivity index (χ4n) is 1.02. The fourth-order valence-corrected chi connectivity index (χ4v) is 1.34. The highest BCUT2D eigenvalue weighted by molar-refractivity contribution is 6.30.